The van der Waals surface area contributed by atoms with Gasteiger partial charge in [0.05, 0.1) is 12.3 Å². The normalized spacial score (nSPS) is 18.5. The number of hydrogen-bond acceptors (Lipinski definition) is 4. The molecule has 2 rings (SSSR count). The molecule has 0 atom stereocenters. The van der Waals surface area contributed by atoms with Crippen LogP contribution in [-0.2, 0) is 19.7 Å². The summed E-state index contributed by atoms with van der Waals surface area (Å²) < 4.78 is 45.2. The van der Waals surface area contributed by atoms with Gasteiger partial charge in [0.15, 0.2) is 0 Å². The van der Waals surface area contributed by atoms with Crippen LogP contribution in [0.2, 0.25) is 0 Å². The van der Waals surface area contributed by atoms with E-state index in [-0.39, 0.29) is 31.9 Å². The second kappa shape index (κ2) is 6.40. The number of esters is 1. The number of rotatable bonds is 4. The van der Waals surface area contributed by atoms with Crippen LogP contribution in [0.3, 0.4) is 0 Å². The maximum atomic E-state index is 13.3. The third kappa shape index (κ3) is 3.51. The van der Waals surface area contributed by atoms with E-state index >= 15 is 0 Å². The first-order valence-electron chi connectivity index (χ1n) is 6.64. The highest BCUT2D eigenvalue weighted by Gasteiger charge is 2.35. The van der Waals surface area contributed by atoms with Crippen LogP contribution in [0, 0.1) is 5.82 Å². The van der Waals surface area contributed by atoms with E-state index in [1.807, 2.05) is 0 Å². The Morgan fingerprint density at radius 3 is 2.81 bits per heavy atom. The molecular formula is C13H17FN2O4S. The maximum absolute atomic E-state index is 13.3. The molecular weight excluding hydrogens is 299 g/mol. The number of carbonyl (C=O) groups excluding carboxylic acids is 1. The average Bonchev–Trinajstić information content (AvgIpc) is 2.41. The number of benzene rings is 1. The van der Waals surface area contributed by atoms with Gasteiger partial charge in [-0.05, 0) is 31.5 Å². The average molecular weight is 316 g/mol. The van der Waals surface area contributed by atoms with Crippen molar-refractivity contribution in [2.75, 3.05) is 30.5 Å². The largest absolute Gasteiger partial charge is 0.465 e. The third-order valence-electron chi connectivity index (χ3n) is 3.08. The molecule has 1 fully saturated rings. The molecule has 0 N–H and O–H groups in total. The molecule has 0 radical (unpaired) electrons. The predicted molar refractivity (Wildman–Crippen MR) is 75.5 cm³/mol. The highest BCUT2D eigenvalue weighted by molar-refractivity contribution is 7.90. The Morgan fingerprint density at radius 2 is 2.14 bits per heavy atom. The molecule has 1 aliphatic rings. The van der Waals surface area contributed by atoms with Crippen molar-refractivity contribution in [1.82, 2.24) is 4.31 Å². The highest BCUT2D eigenvalue weighted by atomic mass is 32.2. The molecule has 1 heterocycles. The highest BCUT2D eigenvalue weighted by Crippen LogP contribution is 2.25. The SMILES string of the molecule is CCOC(=O)CN1CCCN(c2cccc(F)c2)S1(=O)=O. The van der Waals surface area contributed by atoms with Crippen LogP contribution in [0.1, 0.15) is 13.3 Å². The summed E-state index contributed by atoms with van der Waals surface area (Å²) in [5, 5.41) is 0. The smallest absolute Gasteiger partial charge is 0.321 e. The van der Waals surface area contributed by atoms with Crippen molar-refractivity contribution in [2.45, 2.75) is 13.3 Å². The standard InChI is InChI=1S/C13H17FN2O4S/c1-2-20-13(17)10-15-7-4-8-16(21(15,18)19)12-6-3-5-11(14)9-12/h3,5-6,9H,2,4,7-8,10H2,1H3. The van der Waals surface area contributed by atoms with Gasteiger partial charge in [-0.1, -0.05) is 6.07 Å². The molecule has 116 valence electrons. The minimum atomic E-state index is -3.85. The van der Waals surface area contributed by atoms with E-state index in [0.29, 0.717) is 6.42 Å². The molecule has 0 aliphatic carbocycles. The Balaban J connectivity index is 2.23. The lowest BCUT2D eigenvalue weighted by atomic mass is 10.3. The van der Waals surface area contributed by atoms with Crippen molar-refractivity contribution in [1.29, 1.82) is 0 Å². The van der Waals surface area contributed by atoms with Crippen LogP contribution < -0.4 is 4.31 Å². The molecule has 21 heavy (non-hydrogen) atoms. The Kier molecular flexibility index (Phi) is 4.79. The molecule has 0 bridgehead atoms. The van der Waals surface area contributed by atoms with E-state index < -0.39 is 22.0 Å². The first-order chi connectivity index (χ1) is 9.95. The number of halogens is 1. The van der Waals surface area contributed by atoms with Crippen molar-refractivity contribution in [2.24, 2.45) is 0 Å². The summed E-state index contributed by atoms with van der Waals surface area (Å²) in [6, 6.07) is 5.38. The molecule has 1 aromatic carbocycles. The van der Waals surface area contributed by atoms with Gasteiger partial charge >= 0.3 is 16.2 Å². The van der Waals surface area contributed by atoms with Crippen LogP contribution >= 0.6 is 0 Å². The van der Waals surface area contributed by atoms with E-state index in [4.69, 9.17) is 4.74 Å². The minimum absolute atomic E-state index is 0.195. The van der Waals surface area contributed by atoms with Crippen LogP contribution in [0.15, 0.2) is 24.3 Å². The van der Waals surface area contributed by atoms with E-state index in [0.717, 1.165) is 14.7 Å². The summed E-state index contributed by atoms with van der Waals surface area (Å²) in [6.45, 7) is 2.02. The van der Waals surface area contributed by atoms with Gasteiger partial charge in [-0.25, -0.2) is 4.39 Å². The third-order valence-corrected chi connectivity index (χ3v) is 5.00. The number of ether oxygens (including phenoxy) is 1. The van der Waals surface area contributed by atoms with Crippen LogP contribution in [0.5, 0.6) is 0 Å². The topological polar surface area (TPSA) is 66.9 Å². The molecule has 6 nitrogen and oxygen atoms in total. The van der Waals surface area contributed by atoms with Gasteiger partial charge in [-0.3, -0.25) is 9.10 Å². The molecule has 0 saturated carbocycles. The van der Waals surface area contributed by atoms with Crippen LogP contribution in [0.4, 0.5) is 10.1 Å². The second-order valence-electron chi connectivity index (χ2n) is 4.55. The fraction of sp³-hybridized carbons (Fsp3) is 0.462. The molecule has 0 aromatic heterocycles. The minimum Gasteiger partial charge on any atom is -0.465 e. The first-order valence-corrected chi connectivity index (χ1v) is 8.04. The van der Waals surface area contributed by atoms with Gasteiger partial charge < -0.3 is 4.74 Å². The number of hydrogen-bond donors (Lipinski definition) is 0. The van der Waals surface area contributed by atoms with Crippen molar-refractivity contribution in [3.05, 3.63) is 30.1 Å². The lowest BCUT2D eigenvalue weighted by Crippen LogP contribution is -2.51. The molecule has 0 unspecified atom stereocenters. The molecule has 0 spiro atoms. The van der Waals surface area contributed by atoms with Gasteiger partial charge in [0.1, 0.15) is 12.4 Å². The maximum Gasteiger partial charge on any atom is 0.321 e. The number of nitrogens with zero attached hydrogens (tertiary/aromatic N) is 2. The summed E-state index contributed by atoms with van der Waals surface area (Å²) >= 11 is 0. The molecule has 8 heteroatoms. The lowest BCUT2D eigenvalue weighted by Gasteiger charge is -2.35. The zero-order valence-corrected chi connectivity index (χ0v) is 12.5. The van der Waals surface area contributed by atoms with E-state index in [1.165, 1.54) is 18.2 Å². The van der Waals surface area contributed by atoms with E-state index in [9.17, 15) is 17.6 Å². The Bertz CT molecular complexity index is 620. The quantitative estimate of drug-likeness (QED) is 0.782. The van der Waals surface area contributed by atoms with E-state index in [2.05, 4.69) is 0 Å². The van der Waals surface area contributed by atoms with Crippen molar-refractivity contribution >= 4 is 21.9 Å². The van der Waals surface area contributed by atoms with Crippen molar-refractivity contribution in [3.8, 4) is 0 Å². The summed E-state index contributed by atoms with van der Waals surface area (Å²) in [5.41, 5.74) is 0.253. The van der Waals surface area contributed by atoms with Gasteiger partial charge in [-0.2, -0.15) is 12.7 Å². The Labute approximate surface area is 123 Å². The second-order valence-corrected chi connectivity index (χ2v) is 6.40. The van der Waals surface area contributed by atoms with Gasteiger partial charge in [0.25, 0.3) is 0 Å². The van der Waals surface area contributed by atoms with E-state index in [1.54, 1.807) is 6.92 Å². The summed E-state index contributed by atoms with van der Waals surface area (Å²) in [7, 11) is -3.85. The van der Waals surface area contributed by atoms with Gasteiger partial charge in [0, 0.05) is 13.1 Å². The molecule has 1 aliphatic heterocycles. The monoisotopic (exact) mass is 316 g/mol. The van der Waals surface area contributed by atoms with Crippen LogP contribution in [0.25, 0.3) is 0 Å². The zero-order valence-electron chi connectivity index (χ0n) is 11.7. The Hall–Kier alpha value is -1.67. The summed E-state index contributed by atoms with van der Waals surface area (Å²) in [5.74, 6) is -1.10. The zero-order chi connectivity index (χ0) is 15.5. The van der Waals surface area contributed by atoms with Crippen molar-refractivity contribution < 1.29 is 22.3 Å². The molecule has 1 aromatic rings. The number of carbonyl (C=O) groups is 1. The molecule has 0 amide bonds. The fourth-order valence-electron chi connectivity index (χ4n) is 2.17. The lowest BCUT2D eigenvalue weighted by molar-refractivity contribution is -0.143. The van der Waals surface area contributed by atoms with Crippen LogP contribution in [-0.4, -0.2) is 44.9 Å². The Morgan fingerprint density at radius 1 is 1.38 bits per heavy atom. The number of anilines is 1. The summed E-state index contributed by atoms with van der Waals surface area (Å²) in [4.78, 5) is 11.5. The van der Waals surface area contributed by atoms with Gasteiger partial charge in [-0.15, -0.1) is 0 Å². The van der Waals surface area contributed by atoms with Gasteiger partial charge in [0.2, 0.25) is 0 Å². The molecule has 1 saturated heterocycles. The first kappa shape index (κ1) is 15.7. The predicted octanol–water partition coefficient (Wildman–Crippen LogP) is 1.15. The van der Waals surface area contributed by atoms with Crippen molar-refractivity contribution in [3.63, 3.8) is 0 Å². The fourth-order valence-corrected chi connectivity index (χ4v) is 3.81. The summed E-state index contributed by atoms with van der Waals surface area (Å²) in [6.07, 6.45) is 0.551.